The molecular weight excluding hydrogens is 317 g/mol. The van der Waals surface area contributed by atoms with Crippen molar-refractivity contribution in [2.24, 2.45) is 0 Å². The summed E-state index contributed by atoms with van der Waals surface area (Å²) in [5, 5.41) is 11.1. The van der Waals surface area contributed by atoms with Gasteiger partial charge in [-0.2, -0.15) is 0 Å². The molecule has 1 saturated heterocycles. The van der Waals surface area contributed by atoms with Crippen molar-refractivity contribution >= 4 is 16.7 Å². The molecule has 4 rings (SSSR count). The normalized spacial score (nSPS) is 17.8. The number of halogens is 1. The van der Waals surface area contributed by atoms with Crippen molar-refractivity contribution in [2.45, 2.75) is 25.9 Å². The number of benzene rings is 2. The van der Waals surface area contributed by atoms with Crippen LogP contribution in [0.2, 0.25) is 0 Å². The number of hydrogen-bond acceptors (Lipinski definition) is 4. The molecule has 2 heterocycles. The lowest BCUT2D eigenvalue weighted by atomic mass is 10.1. The summed E-state index contributed by atoms with van der Waals surface area (Å²) in [6.07, 6.45) is 0.577. The Labute approximate surface area is 146 Å². The standard InChI is InChI=1S/C20H20FN3O/c1-13-8-9-15-17(11-13)22-19(16-6-2-3-7-18(16)25)23-20(15)24-10-4-5-14(21)12-24/h2-3,6-9,11,14,25H,4-5,10,12H2,1H3. The molecule has 4 nitrogen and oxygen atoms in total. The van der Waals surface area contributed by atoms with Crippen molar-refractivity contribution in [3.8, 4) is 17.1 Å². The van der Waals surface area contributed by atoms with Gasteiger partial charge < -0.3 is 10.0 Å². The van der Waals surface area contributed by atoms with Crippen LogP contribution < -0.4 is 4.90 Å². The van der Waals surface area contributed by atoms with Crippen LogP contribution in [0.4, 0.5) is 10.2 Å². The molecule has 1 aromatic heterocycles. The molecule has 1 fully saturated rings. The Morgan fingerprint density at radius 1 is 1.16 bits per heavy atom. The summed E-state index contributed by atoms with van der Waals surface area (Å²) < 4.78 is 13.9. The number of aromatic hydroxyl groups is 1. The van der Waals surface area contributed by atoms with Crippen molar-refractivity contribution in [3.05, 3.63) is 48.0 Å². The van der Waals surface area contributed by atoms with E-state index >= 15 is 0 Å². The zero-order chi connectivity index (χ0) is 17.4. The van der Waals surface area contributed by atoms with Gasteiger partial charge in [0, 0.05) is 11.9 Å². The van der Waals surface area contributed by atoms with Crippen molar-refractivity contribution in [1.82, 2.24) is 9.97 Å². The maximum atomic E-state index is 13.9. The van der Waals surface area contributed by atoms with E-state index in [1.54, 1.807) is 18.2 Å². The first-order chi connectivity index (χ1) is 12.1. The maximum Gasteiger partial charge on any atom is 0.165 e. The topological polar surface area (TPSA) is 49.2 Å². The van der Waals surface area contributed by atoms with Gasteiger partial charge in [-0.15, -0.1) is 0 Å². The van der Waals surface area contributed by atoms with Gasteiger partial charge in [-0.05, 0) is 49.6 Å². The van der Waals surface area contributed by atoms with Crippen LogP contribution >= 0.6 is 0 Å². The van der Waals surface area contributed by atoms with Crippen LogP contribution in [-0.4, -0.2) is 34.3 Å². The Balaban J connectivity index is 1.92. The molecule has 0 aliphatic carbocycles. The summed E-state index contributed by atoms with van der Waals surface area (Å²) in [4.78, 5) is 11.4. The number of phenols is 1. The van der Waals surface area contributed by atoms with Gasteiger partial charge in [-0.25, -0.2) is 14.4 Å². The van der Waals surface area contributed by atoms with Crippen LogP contribution in [0.3, 0.4) is 0 Å². The number of piperidine rings is 1. The molecule has 2 aromatic carbocycles. The van der Waals surface area contributed by atoms with Crippen molar-refractivity contribution in [2.75, 3.05) is 18.0 Å². The van der Waals surface area contributed by atoms with Crippen LogP contribution in [-0.2, 0) is 0 Å². The molecular formula is C20H20FN3O. The third kappa shape index (κ3) is 3.02. The molecule has 3 aromatic rings. The molecule has 0 spiro atoms. The molecule has 1 aliphatic rings. The Hall–Kier alpha value is -2.69. The highest BCUT2D eigenvalue weighted by molar-refractivity contribution is 5.92. The summed E-state index contributed by atoms with van der Waals surface area (Å²) in [5.41, 5.74) is 2.49. The second-order valence-electron chi connectivity index (χ2n) is 6.59. The van der Waals surface area contributed by atoms with E-state index in [0.29, 0.717) is 24.4 Å². The van der Waals surface area contributed by atoms with Gasteiger partial charge in [0.15, 0.2) is 5.82 Å². The fourth-order valence-electron chi connectivity index (χ4n) is 3.36. The molecule has 0 amide bonds. The molecule has 25 heavy (non-hydrogen) atoms. The van der Waals surface area contributed by atoms with Crippen LogP contribution in [0, 0.1) is 6.92 Å². The van der Waals surface area contributed by atoms with Crippen molar-refractivity contribution in [3.63, 3.8) is 0 Å². The Kier molecular flexibility index (Phi) is 3.99. The molecule has 0 saturated carbocycles. The lowest BCUT2D eigenvalue weighted by Gasteiger charge is -2.31. The second kappa shape index (κ2) is 6.31. The van der Waals surface area contributed by atoms with E-state index in [1.807, 2.05) is 36.1 Å². The third-order valence-electron chi connectivity index (χ3n) is 4.64. The lowest BCUT2D eigenvalue weighted by Crippen LogP contribution is -2.37. The number of alkyl halides is 1. The minimum atomic E-state index is -0.835. The van der Waals surface area contributed by atoms with Gasteiger partial charge in [-0.3, -0.25) is 0 Å². The zero-order valence-electron chi connectivity index (χ0n) is 14.1. The van der Waals surface area contributed by atoms with Gasteiger partial charge >= 0.3 is 0 Å². The molecule has 1 aliphatic heterocycles. The highest BCUT2D eigenvalue weighted by atomic mass is 19.1. The number of fused-ring (bicyclic) bond motifs is 1. The van der Waals surface area contributed by atoms with Gasteiger partial charge in [-0.1, -0.05) is 18.2 Å². The first-order valence-corrected chi connectivity index (χ1v) is 8.57. The smallest absolute Gasteiger partial charge is 0.165 e. The Morgan fingerprint density at radius 3 is 2.80 bits per heavy atom. The van der Waals surface area contributed by atoms with Crippen molar-refractivity contribution < 1.29 is 9.50 Å². The fourth-order valence-corrected chi connectivity index (χ4v) is 3.36. The highest BCUT2D eigenvalue weighted by Gasteiger charge is 2.23. The van der Waals surface area contributed by atoms with E-state index in [-0.39, 0.29) is 5.75 Å². The van der Waals surface area contributed by atoms with E-state index in [9.17, 15) is 9.50 Å². The second-order valence-corrected chi connectivity index (χ2v) is 6.59. The van der Waals surface area contributed by atoms with E-state index < -0.39 is 6.17 Å². The number of phenolic OH excluding ortho intramolecular Hbond substituents is 1. The SMILES string of the molecule is Cc1ccc2c(N3CCCC(F)C3)nc(-c3ccccc3O)nc2c1. The number of aromatic nitrogens is 2. The monoisotopic (exact) mass is 337 g/mol. The summed E-state index contributed by atoms with van der Waals surface area (Å²) in [5.74, 6) is 1.35. The van der Waals surface area contributed by atoms with Gasteiger partial charge in [0.2, 0.25) is 0 Å². The van der Waals surface area contributed by atoms with E-state index in [4.69, 9.17) is 4.98 Å². The van der Waals surface area contributed by atoms with E-state index in [0.717, 1.165) is 35.2 Å². The van der Waals surface area contributed by atoms with E-state index in [1.165, 1.54) is 0 Å². The quantitative estimate of drug-likeness (QED) is 0.759. The number of anilines is 1. The van der Waals surface area contributed by atoms with Gasteiger partial charge in [0.1, 0.15) is 17.7 Å². The Morgan fingerprint density at radius 2 is 2.00 bits per heavy atom. The molecule has 0 bridgehead atoms. The average molecular weight is 337 g/mol. The molecule has 1 unspecified atom stereocenters. The highest BCUT2D eigenvalue weighted by Crippen LogP contribution is 2.33. The molecule has 1 N–H and O–H groups in total. The fraction of sp³-hybridized carbons (Fsp3) is 0.300. The zero-order valence-corrected chi connectivity index (χ0v) is 14.1. The summed E-state index contributed by atoms with van der Waals surface area (Å²) in [7, 11) is 0. The molecule has 5 heteroatoms. The van der Waals surface area contributed by atoms with Crippen molar-refractivity contribution in [1.29, 1.82) is 0 Å². The number of para-hydroxylation sites is 1. The van der Waals surface area contributed by atoms with Gasteiger partial charge in [0.05, 0.1) is 17.6 Å². The summed E-state index contributed by atoms with van der Waals surface area (Å²) in [6.45, 7) is 3.14. The lowest BCUT2D eigenvalue weighted by molar-refractivity contribution is 0.286. The van der Waals surface area contributed by atoms with Crippen LogP contribution in [0.5, 0.6) is 5.75 Å². The van der Waals surface area contributed by atoms with E-state index in [2.05, 4.69) is 4.98 Å². The third-order valence-corrected chi connectivity index (χ3v) is 4.64. The predicted molar refractivity (Wildman–Crippen MR) is 97.7 cm³/mol. The summed E-state index contributed by atoms with van der Waals surface area (Å²) in [6, 6.07) is 13.0. The average Bonchev–Trinajstić information content (AvgIpc) is 2.61. The number of nitrogens with zero attached hydrogens (tertiary/aromatic N) is 3. The number of aryl methyl sites for hydroxylation is 1. The number of rotatable bonds is 2. The summed E-state index contributed by atoms with van der Waals surface area (Å²) >= 11 is 0. The van der Waals surface area contributed by atoms with Crippen LogP contribution in [0.25, 0.3) is 22.3 Å². The molecule has 1 atom stereocenters. The Bertz CT molecular complexity index is 928. The largest absolute Gasteiger partial charge is 0.507 e. The number of hydrogen-bond donors (Lipinski definition) is 1. The minimum absolute atomic E-state index is 0.141. The first kappa shape index (κ1) is 15.8. The van der Waals surface area contributed by atoms with Gasteiger partial charge in [0.25, 0.3) is 0 Å². The maximum absolute atomic E-state index is 13.9. The van der Waals surface area contributed by atoms with Crippen LogP contribution in [0.15, 0.2) is 42.5 Å². The molecule has 128 valence electrons. The first-order valence-electron chi connectivity index (χ1n) is 8.57. The molecule has 0 radical (unpaired) electrons. The van der Waals surface area contributed by atoms with Crippen LogP contribution in [0.1, 0.15) is 18.4 Å². The predicted octanol–water partition coefficient (Wildman–Crippen LogP) is 4.25. The minimum Gasteiger partial charge on any atom is -0.507 e.